The molecular formula is C18H19N3O. The van der Waals surface area contributed by atoms with Crippen molar-refractivity contribution in [3.8, 4) is 0 Å². The zero-order valence-electron chi connectivity index (χ0n) is 12.6. The summed E-state index contributed by atoms with van der Waals surface area (Å²) in [6, 6.07) is 8.42. The fraction of sp³-hybridized carbons (Fsp3) is 0.444. The van der Waals surface area contributed by atoms with Crippen LogP contribution in [-0.4, -0.2) is 22.0 Å². The Morgan fingerprint density at radius 3 is 2.82 bits per heavy atom. The SMILES string of the molecule is O=C(c1cn2c(n1)CCC2)N1CC2(CCC2)c2ccccc21. The summed E-state index contributed by atoms with van der Waals surface area (Å²) < 4.78 is 2.13. The molecular weight excluding hydrogens is 274 g/mol. The molecule has 3 aliphatic rings. The Bertz CT molecular complexity index is 751. The molecule has 1 fully saturated rings. The van der Waals surface area contributed by atoms with Crippen molar-refractivity contribution in [2.75, 3.05) is 11.4 Å². The lowest BCUT2D eigenvalue weighted by Crippen LogP contribution is -2.41. The summed E-state index contributed by atoms with van der Waals surface area (Å²) in [7, 11) is 0. The lowest BCUT2D eigenvalue weighted by molar-refractivity contribution is 0.0974. The molecule has 0 radical (unpaired) electrons. The van der Waals surface area contributed by atoms with Crippen LogP contribution in [0.25, 0.3) is 0 Å². The lowest BCUT2D eigenvalue weighted by Gasteiger charge is -2.38. The van der Waals surface area contributed by atoms with Gasteiger partial charge in [0, 0.05) is 36.8 Å². The van der Waals surface area contributed by atoms with Crippen LogP contribution in [0.5, 0.6) is 0 Å². The van der Waals surface area contributed by atoms with Crippen molar-refractivity contribution in [1.29, 1.82) is 0 Å². The Hall–Kier alpha value is -2.10. The second kappa shape index (κ2) is 4.22. The fourth-order valence-corrected chi connectivity index (χ4v) is 4.34. The third-order valence-electron chi connectivity index (χ3n) is 5.66. The first-order valence-corrected chi connectivity index (χ1v) is 8.24. The number of amides is 1. The van der Waals surface area contributed by atoms with Gasteiger partial charge in [0.1, 0.15) is 11.5 Å². The number of anilines is 1. The Kier molecular flexibility index (Phi) is 2.38. The number of carbonyl (C=O) groups excluding carboxylic acids is 1. The van der Waals surface area contributed by atoms with Crippen LogP contribution in [0.1, 0.15) is 47.6 Å². The number of imidazole rings is 1. The number of carbonyl (C=O) groups is 1. The van der Waals surface area contributed by atoms with Gasteiger partial charge in [-0.25, -0.2) is 4.98 Å². The largest absolute Gasteiger partial charge is 0.334 e. The van der Waals surface area contributed by atoms with Crippen molar-refractivity contribution in [3.63, 3.8) is 0 Å². The van der Waals surface area contributed by atoms with Crippen molar-refractivity contribution in [3.05, 3.63) is 47.5 Å². The van der Waals surface area contributed by atoms with Crippen molar-refractivity contribution in [2.24, 2.45) is 0 Å². The van der Waals surface area contributed by atoms with Crippen LogP contribution in [0, 0.1) is 0 Å². The molecule has 3 heterocycles. The maximum atomic E-state index is 13.0. The predicted molar refractivity (Wildman–Crippen MR) is 84.2 cm³/mol. The van der Waals surface area contributed by atoms with E-state index in [1.807, 2.05) is 17.2 Å². The van der Waals surface area contributed by atoms with E-state index in [2.05, 4.69) is 27.8 Å². The van der Waals surface area contributed by atoms with E-state index in [9.17, 15) is 4.79 Å². The molecule has 0 saturated heterocycles. The molecule has 1 saturated carbocycles. The molecule has 2 aliphatic heterocycles. The lowest BCUT2D eigenvalue weighted by atomic mass is 9.66. The molecule has 4 heteroatoms. The molecule has 1 amide bonds. The highest BCUT2D eigenvalue weighted by Crippen LogP contribution is 2.52. The normalized spacial score (nSPS) is 20.8. The summed E-state index contributed by atoms with van der Waals surface area (Å²) in [4.78, 5) is 19.5. The molecule has 0 atom stereocenters. The molecule has 1 aromatic carbocycles. The summed E-state index contributed by atoms with van der Waals surface area (Å²) in [5.41, 5.74) is 3.29. The fourth-order valence-electron chi connectivity index (χ4n) is 4.34. The molecule has 22 heavy (non-hydrogen) atoms. The van der Waals surface area contributed by atoms with E-state index in [0.29, 0.717) is 5.69 Å². The molecule has 0 bridgehead atoms. The molecule has 1 spiro atoms. The molecule has 1 aliphatic carbocycles. The van der Waals surface area contributed by atoms with Crippen LogP contribution in [0.4, 0.5) is 5.69 Å². The second-order valence-corrected chi connectivity index (χ2v) is 6.88. The van der Waals surface area contributed by atoms with Crippen molar-refractivity contribution < 1.29 is 4.79 Å². The third kappa shape index (κ3) is 1.52. The summed E-state index contributed by atoms with van der Waals surface area (Å²) in [6.45, 7) is 1.82. The number of aryl methyl sites for hydroxylation is 2. The van der Waals surface area contributed by atoms with E-state index in [1.54, 1.807) is 0 Å². The Morgan fingerprint density at radius 2 is 2.05 bits per heavy atom. The number of benzene rings is 1. The van der Waals surface area contributed by atoms with Crippen LogP contribution in [-0.2, 0) is 18.4 Å². The minimum Gasteiger partial charge on any atom is -0.334 e. The highest BCUT2D eigenvalue weighted by molar-refractivity contribution is 6.06. The van der Waals surface area contributed by atoms with Crippen molar-refractivity contribution in [1.82, 2.24) is 9.55 Å². The maximum Gasteiger partial charge on any atom is 0.278 e. The standard InChI is InChI=1S/C18H19N3O/c22-17(14-11-20-10-3-7-16(20)19-14)21-12-18(8-4-9-18)13-5-1-2-6-15(13)21/h1-2,5-6,11H,3-4,7-10,12H2. The Balaban J connectivity index is 1.54. The first-order valence-electron chi connectivity index (χ1n) is 8.24. The van der Waals surface area contributed by atoms with E-state index in [-0.39, 0.29) is 11.3 Å². The topological polar surface area (TPSA) is 38.1 Å². The van der Waals surface area contributed by atoms with Crippen molar-refractivity contribution in [2.45, 2.75) is 44.1 Å². The summed E-state index contributed by atoms with van der Waals surface area (Å²) in [5.74, 6) is 1.13. The number of para-hydroxylation sites is 1. The number of rotatable bonds is 1. The molecule has 2 aromatic rings. The minimum atomic E-state index is 0.0677. The van der Waals surface area contributed by atoms with Gasteiger partial charge in [-0.3, -0.25) is 4.79 Å². The van der Waals surface area contributed by atoms with Crippen molar-refractivity contribution >= 4 is 11.6 Å². The van der Waals surface area contributed by atoms with Gasteiger partial charge in [-0.05, 0) is 30.9 Å². The first-order chi connectivity index (χ1) is 10.8. The maximum absolute atomic E-state index is 13.0. The quantitative estimate of drug-likeness (QED) is 0.811. The van der Waals surface area contributed by atoms with E-state index >= 15 is 0 Å². The van der Waals surface area contributed by atoms with Crippen LogP contribution in [0.2, 0.25) is 0 Å². The highest BCUT2D eigenvalue weighted by Gasteiger charge is 2.48. The van der Waals surface area contributed by atoms with Crippen LogP contribution in [0.3, 0.4) is 0 Å². The number of nitrogens with zero attached hydrogens (tertiary/aromatic N) is 3. The zero-order valence-corrected chi connectivity index (χ0v) is 12.6. The molecule has 112 valence electrons. The average molecular weight is 293 g/mol. The van der Waals surface area contributed by atoms with E-state index in [4.69, 9.17) is 0 Å². The molecule has 1 aromatic heterocycles. The summed E-state index contributed by atoms with van der Waals surface area (Å²) in [5, 5.41) is 0. The number of aromatic nitrogens is 2. The zero-order chi connectivity index (χ0) is 14.7. The molecule has 5 rings (SSSR count). The Labute approximate surface area is 129 Å². The summed E-state index contributed by atoms with van der Waals surface area (Å²) >= 11 is 0. The van der Waals surface area contributed by atoms with Gasteiger partial charge in [0.2, 0.25) is 0 Å². The summed E-state index contributed by atoms with van der Waals surface area (Å²) in [6.07, 6.45) is 7.76. The predicted octanol–water partition coefficient (Wildman–Crippen LogP) is 2.91. The van der Waals surface area contributed by atoms with Gasteiger partial charge in [0.15, 0.2) is 0 Å². The highest BCUT2D eigenvalue weighted by atomic mass is 16.2. The van der Waals surface area contributed by atoms with E-state index in [1.165, 1.54) is 24.8 Å². The molecule has 0 unspecified atom stereocenters. The molecule has 0 N–H and O–H groups in total. The minimum absolute atomic E-state index is 0.0677. The number of hydrogen-bond donors (Lipinski definition) is 0. The van der Waals surface area contributed by atoms with Crippen LogP contribution >= 0.6 is 0 Å². The van der Waals surface area contributed by atoms with Gasteiger partial charge in [-0.15, -0.1) is 0 Å². The average Bonchev–Trinajstić information content (AvgIpc) is 3.16. The van der Waals surface area contributed by atoms with Gasteiger partial charge in [-0.2, -0.15) is 0 Å². The van der Waals surface area contributed by atoms with Gasteiger partial charge < -0.3 is 9.47 Å². The number of fused-ring (bicyclic) bond motifs is 3. The smallest absolute Gasteiger partial charge is 0.278 e. The molecule has 4 nitrogen and oxygen atoms in total. The first kappa shape index (κ1) is 12.4. The van der Waals surface area contributed by atoms with Gasteiger partial charge in [0.25, 0.3) is 5.91 Å². The Morgan fingerprint density at radius 1 is 1.18 bits per heavy atom. The van der Waals surface area contributed by atoms with E-state index in [0.717, 1.165) is 37.4 Å². The van der Waals surface area contributed by atoms with Crippen LogP contribution in [0.15, 0.2) is 30.5 Å². The third-order valence-corrected chi connectivity index (χ3v) is 5.66. The van der Waals surface area contributed by atoms with Crippen LogP contribution < -0.4 is 4.90 Å². The monoisotopic (exact) mass is 293 g/mol. The van der Waals surface area contributed by atoms with Gasteiger partial charge in [-0.1, -0.05) is 24.6 Å². The second-order valence-electron chi connectivity index (χ2n) is 6.88. The van der Waals surface area contributed by atoms with Gasteiger partial charge in [0.05, 0.1) is 0 Å². The number of hydrogen-bond acceptors (Lipinski definition) is 2. The van der Waals surface area contributed by atoms with Gasteiger partial charge >= 0.3 is 0 Å². The van der Waals surface area contributed by atoms with E-state index < -0.39 is 0 Å².